The number of benzene rings is 1. The number of nitrogens with zero attached hydrogens (tertiary/aromatic N) is 3. The fourth-order valence-electron chi connectivity index (χ4n) is 3.79. The first kappa shape index (κ1) is 20.2. The van der Waals surface area contributed by atoms with Crippen molar-refractivity contribution in [2.24, 2.45) is 0 Å². The number of nitrogens with one attached hydrogen (secondary N) is 1. The van der Waals surface area contributed by atoms with Gasteiger partial charge in [-0.1, -0.05) is 30.3 Å². The maximum absolute atomic E-state index is 12.5. The number of pyridine rings is 2. The highest BCUT2D eigenvalue weighted by molar-refractivity contribution is 5.94. The van der Waals surface area contributed by atoms with Crippen LogP contribution in [0.25, 0.3) is 0 Å². The van der Waals surface area contributed by atoms with E-state index in [4.69, 9.17) is 0 Å². The second kappa shape index (κ2) is 9.61. The SMILES string of the molecule is O=C(NC[C@H](O)CN1CCc2ccccc2C1)c1ccnc(Cc2ccccn2)c1. The number of aromatic nitrogens is 2. The van der Waals surface area contributed by atoms with Gasteiger partial charge in [-0.3, -0.25) is 19.7 Å². The number of β-amino-alcohol motifs (C(OH)–C–C–N with tert-alkyl or cyclic N) is 1. The lowest BCUT2D eigenvalue weighted by atomic mass is 10.00. The molecular weight excluding hydrogens is 376 g/mol. The molecule has 1 aliphatic rings. The number of hydrogen-bond acceptors (Lipinski definition) is 5. The van der Waals surface area contributed by atoms with E-state index in [2.05, 4.69) is 44.5 Å². The lowest BCUT2D eigenvalue weighted by Crippen LogP contribution is -2.42. The molecule has 3 aromatic rings. The van der Waals surface area contributed by atoms with E-state index in [9.17, 15) is 9.90 Å². The summed E-state index contributed by atoms with van der Waals surface area (Å²) in [7, 11) is 0. The van der Waals surface area contributed by atoms with E-state index in [1.54, 1.807) is 24.5 Å². The maximum Gasteiger partial charge on any atom is 0.251 e. The average molecular weight is 402 g/mol. The average Bonchev–Trinajstić information content (AvgIpc) is 2.78. The van der Waals surface area contributed by atoms with Crippen LogP contribution in [0.2, 0.25) is 0 Å². The van der Waals surface area contributed by atoms with Crippen molar-refractivity contribution >= 4 is 5.91 Å². The van der Waals surface area contributed by atoms with Crippen molar-refractivity contribution in [1.82, 2.24) is 20.2 Å². The first-order valence-electron chi connectivity index (χ1n) is 10.3. The molecule has 6 heteroatoms. The van der Waals surface area contributed by atoms with Crippen LogP contribution < -0.4 is 5.32 Å². The highest BCUT2D eigenvalue weighted by atomic mass is 16.3. The summed E-state index contributed by atoms with van der Waals surface area (Å²) in [5, 5.41) is 13.3. The maximum atomic E-state index is 12.5. The monoisotopic (exact) mass is 402 g/mol. The number of rotatable bonds is 7. The quantitative estimate of drug-likeness (QED) is 0.634. The summed E-state index contributed by atoms with van der Waals surface area (Å²) in [6, 6.07) is 17.6. The van der Waals surface area contributed by atoms with Gasteiger partial charge in [0.15, 0.2) is 0 Å². The van der Waals surface area contributed by atoms with E-state index >= 15 is 0 Å². The van der Waals surface area contributed by atoms with Crippen LogP contribution in [0.5, 0.6) is 0 Å². The summed E-state index contributed by atoms with van der Waals surface area (Å²) >= 11 is 0. The van der Waals surface area contributed by atoms with Gasteiger partial charge in [0.2, 0.25) is 0 Å². The fraction of sp³-hybridized carbons (Fsp3) is 0.292. The number of aliphatic hydroxyl groups excluding tert-OH is 1. The molecule has 154 valence electrons. The smallest absolute Gasteiger partial charge is 0.251 e. The number of fused-ring (bicyclic) bond motifs is 1. The summed E-state index contributed by atoms with van der Waals surface area (Å²) < 4.78 is 0. The van der Waals surface area contributed by atoms with Crippen molar-refractivity contribution in [2.75, 3.05) is 19.6 Å². The van der Waals surface area contributed by atoms with E-state index in [0.29, 0.717) is 18.5 Å². The zero-order valence-electron chi connectivity index (χ0n) is 16.9. The van der Waals surface area contributed by atoms with Crippen molar-refractivity contribution in [3.05, 3.63) is 95.1 Å². The molecule has 30 heavy (non-hydrogen) atoms. The Morgan fingerprint density at radius 2 is 1.83 bits per heavy atom. The minimum absolute atomic E-state index is 0.206. The molecule has 4 rings (SSSR count). The molecule has 2 aromatic heterocycles. The summed E-state index contributed by atoms with van der Waals surface area (Å²) in [5.41, 5.74) is 4.93. The van der Waals surface area contributed by atoms with Gasteiger partial charge < -0.3 is 10.4 Å². The Morgan fingerprint density at radius 3 is 2.67 bits per heavy atom. The molecule has 1 atom stereocenters. The molecule has 0 spiro atoms. The van der Waals surface area contributed by atoms with Crippen LogP contribution in [0.1, 0.15) is 32.9 Å². The van der Waals surface area contributed by atoms with Crippen LogP contribution in [0.4, 0.5) is 0 Å². The van der Waals surface area contributed by atoms with Gasteiger partial charge in [0.05, 0.1) is 6.10 Å². The highest BCUT2D eigenvalue weighted by Crippen LogP contribution is 2.18. The van der Waals surface area contributed by atoms with Gasteiger partial charge in [-0.15, -0.1) is 0 Å². The Balaban J connectivity index is 1.28. The molecule has 1 amide bonds. The van der Waals surface area contributed by atoms with Crippen molar-refractivity contribution in [3.63, 3.8) is 0 Å². The number of amides is 1. The van der Waals surface area contributed by atoms with Gasteiger partial charge >= 0.3 is 0 Å². The number of carbonyl (C=O) groups is 1. The Bertz CT molecular complexity index is 993. The second-order valence-corrected chi connectivity index (χ2v) is 7.65. The first-order valence-corrected chi connectivity index (χ1v) is 10.3. The van der Waals surface area contributed by atoms with E-state index in [1.165, 1.54) is 11.1 Å². The molecule has 0 aliphatic carbocycles. The zero-order valence-corrected chi connectivity index (χ0v) is 16.9. The second-order valence-electron chi connectivity index (χ2n) is 7.65. The third-order valence-electron chi connectivity index (χ3n) is 5.34. The van der Waals surface area contributed by atoms with Crippen LogP contribution >= 0.6 is 0 Å². The summed E-state index contributed by atoms with van der Waals surface area (Å²) in [5.74, 6) is -0.206. The molecule has 0 fully saturated rings. The van der Waals surface area contributed by atoms with Gasteiger partial charge in [-0.05, 0) is 41.8 Å². The van der Waals surface area contributed by atoms with Crippen molar-refractivity contribution in [3.8, 4) is 0 Å². The Morgan fingerprint density at radius 1 is 1.03 bits per heavy atom. The van der Waals surface area contributed by atoms with Crippen LogP contribution in [0.3, 0.4) is 0 Å². The summed E-state index contributed by atoms with van der Waals surface area (Å²) in [6.45, 7) is 2.51. The first-order chi connectivity index (χ1) is 14.7. The molecule has 1 aliphatic heterocycles. The van der Waals surface area contributed by atoms with Crippen molar-refractivity contribution in [1.29, 1.82) is 0 Å². The molecule has 0 saturated heterocycles. The van der Waals surface area contributed by atoms with E-state index in [1.807, 2.05) is 18.2 Å². The molecule has 6 nitrogen and oxygen atoms in total. The molecule has 2 N–H and O–H groups in total. The van der Waals surface area contributed by atoms with E-state index in [-0.39, 0.29) is 12.5 Å². The Labute approximate surface area is 176 Å². The van der Waals surface area contributed by atoms with Crippen molar-refractivity contribution in [2.45, 2.75) is 25.5 Å². The standard InChI is InChI=1S/C24H26N4O2/c29-23(17-28-12-9-18-5-1-2-6-20(18)16-28)15-27-24(30)19-8-11-26-22(13-19)14-21-7-3-4-10-25-21/h1-8,10-11,13,23,29H,9,12,14-17H2,(H,27,30)/t23-/m0/s1. The Hall–Kier alpha value is -3.09. The van der Waals surface area contributed by atoms with Gasteiger partial charge in [-0.2, -0.15) is 0 Å². The van der Waals surface area contributed by atoms with Crippen LogP contribution in [0, 0.1) is 0 Å². The Kier molecular flexibility index (Phi) is 6.47. The van der Waals surface area contributed by atoms with E-state index in [0.717, 1.165) is 30.9 Å². The van der Waals surface area contributed by atoms with Gasteiger partial charge in [-0.25, -0.2) is 0 Å². The van der Waals surface area contributed by atoms with E-state index < -0.39 is 6.10 Å². The highest BCUT2D eigenvalue weighted by Gasteiger charge is 2.19. The predicted molar refractivity (Wildman–Crippen MR) is 115 cm³/mol. The van der Waals surface area contributed by atoms with Gasteiger partial charge in [0, 0.05) is 61.9 Å². The molecule has 0 radical (unpaired) electrons. The predicted octanol–water partition coefficient (Wildman–Crippen LogP) is 2.22. The molecule has 3 heterocycles. The van der Waals surface area contributed by atoms with Crippen LogP contribution in [0.15, 0.2) is 67.0 Å². The van der Waals surface area contributed by atoms with Crippen LogP contribution in [-0.4, -0.2) is 51.6 Å². The largest absolute Gasteiger partial charge is 0.390 e. The van der Waals surface area contributed by atoms with Crippen molar-refractivity contribution < 1.29 is 9.90 Å². The normalized spacial score (nSPS) is 14.7. The minimum Gasteiger partial charge on any atom is -0.390 e. The number of carbonyl (C=O) groups excluding carboxylic acids is 1. The van der Waals surface area contributed by atoms with Gasteiger partial charge in [0.1, 0.15) is 0 Å². The molecule has 0 saturated carbocycles. The topological polar surface area (TPSA) is 78.4 Å². The molecular formula is C24H26N4O2. The molecule has 0 unspecified atom stereocenters. The molecule has 1 aromatic carbocycles. The third-order valence-corrected chi connectivity index (χ3v) is 5.34. The minimum atomic E-state index is -0.617. The fourth-order valence-corrected chi connectivity index (χ4v) is 3.79. The number of hydrogen-bond donors (Lipinski definition) is 2. The van der Waals surface area contributed by atoms with Crippen LogP contribution in [-0.2, 0) is 19.4 Å². The zero-order chi connectivity index (χ0) is 20.8. The molecule has 0 bridgehead atoms. The third kappa shape index (κ3) is 5.28. The summed E-state index contributed by atoms with van der Waals surface area (Å²) in [6.07, 6.45) is 4.32. The summed E-state index contributed by atoms with van der Waals surface area (Å²) in [4.78, 5) is 23.4. The number of aliphatic hydroxyl groups is 1. The lowest BCUT2D eigenvalue weighted by Gasteiger charge is -2.30. The van der Waals surface area contributed by atoms with Gasteiger partial charge in [0.25, 0.3) is 5.91 Å². The lowest BCUT2D eigenvalue weighted by molar-refractivity contribution is 0.0841.